The molecule has 0 radical (unpaired) electrons. The average Bonchev–Trinajstić information content (AvgIpc) is 2.04. The van der Waals surface area contributed by atoms with Gasteiger partial charge in [0.15, 0.2) is 11.6 Å². The van der Waals surface area contributed by atoms with Crippen LogP contribution in [0.1, 0.15) is 12.0 Å². The van der Waals surface area contributed by atoms with Crippen LogP contribution in [0.2, 0.25) is 5.02 Å². The lowest BCUT2D eigenvalue weighted by Gasteiger charge is -2.07. The van der Waals surface area contributed by atoms with Crippen molar-refractivity contribution in [1.82, 2.24) is 0 Å². The largest absolute Gasteiger partial charge is 0.494 e. The molecule has 1 aromatic carbocycles. The van der Waals surface area contributed by atoms with E-state index >= 15 is 0 Å². The smallest absolute Gasteiger partial charge is 0.268 e. The molecule has 1 rings (SSSR count). The number of methoxy groups -OCH3 is 1. The van der Waals surface area contributed by atoms with E-state index in [1.54, 1.807) is 0 Å². The lowest BCUT2D eigenvalue weighted by Crippen LogP contribution is -1.96. The quantitative estimate of drug-likeness (QED) is 0.727. The molecule has 0 N–H and O–H groups in total. The maximum absolute atomic E-state index is 13.1. The van der Waals surface area contributed by atoms with Crippen LogP contribution in [-0.2, 0) is 0 Å². The van der Waals surface area contributed by atoms with Gasteiger partial charge in [-0.05, 0) is 12.1 Å². The van der Waals surface area contributed by atoms with Gasteiger partial charge in [0.05, 0.1) is 17.7 Å². The maximum Gasteiger partial charge on any atom is 0.268 e. The number of alkyl halides is 2. The molecule has 5 heteroatoms. The highest BCUT2D eigenvalue weighted by atomic mass is 35.5. The molecule has 72 valence electrons. The second kappa shape index (κ2) is 3.87. The minimum atomic E-state index is -2.94. The van der Waals surface area contributed by atoms with Gasteiger partial charge in [-0.3, -0.25) is 0 Å². The van der Waals surface area contributed by atoms with E-state index < -0.39 is 17.8 Å². The Morgan fingerprint density at radius 3 is 2.46 bits per heavy atom. The van der Waals surface area contributed by atoms with E-state index in [1.807, 2.05) is 0 Å². The van der Waals surface area contributed by atoms with Crippen molar-refractivity contribution in [3.05, 3.63) is 28.5 Å². The summed E-state index contributed by atoms with van der Waals surface area (Å²) in [5, 5.41) is -0.298. The number of benzene rings is 1. The van der Waals surface area contributed by atoms with Crippen LogP contribution in [0.25, 0.3) is 0 Å². The highest BCUT2D eigenvalue weighted by Crippen LogP contribution is 2.33. The fourth-order valence-electron chi connectivity index (χ4n) is 0.907. The Labute approximate surface area is 78.1 Å². The maximum atomic E-state index is 13.1. The third-order valence-electron chi connectivity index (χ3n) is 1.53. The summed E-state index contributed by atoms with van der Waals surface area (Å²) in [4.78, 5) is 0. The molecule has 1 aromatic rings. The summed E-state index contributed by atoms with van der Waals surface area (Å²) < 4.78 is 42.1. The van der Waals surface area contributed by atoms with Gasteiger partial charge in [0.2, 0.25) is 0 Å². The zero-order valence-electron chi connectivity index (χ0n) is 6.65. The van der Waals surface area contributed by atoms with E-state index in [-0.39, 0.29) is 10.8 Å². The molecule has 0 spiro atoms. The van der Waals surface area contributed by atoms with E-state index in [1.165, 1.54) is 19.2 Å². The zero-order chi connectivity index (χ0) is 10.0. The SMILES string of the molecule is COc1ccc(Cl)c(C(F)F)c1F. The van der Waals surface area contributed by atoms with Gasteiger partial charge < -0.3 is 4.74 Å². The van der Waals surface area contributed by atoms with Gasteiger partial charge in [0, 0.05) is 0 Å². The summed E-state index contributed by atoms with van der Waals surface area (Å²) in [5.41, 5.74) is -0.819. The van der Waals surface area contributed by atoms with Crippen molar-refractivity contribution in [3.63, 3.8) is 0 Å². The molecule has 0 fully saturated rings. The van der Waals surface area contributed by atoms with Crippen molar-refractivity contribution >= 4 is 11.6 Å². The van der Waals surface area contributed by atoms with Crippen molar-refractivity contribution < 1.29 is 17.9 Å². The van der Waals surface area contributed by atoms with Crippen LogP contribution in [-0.4, -0.2) is 7.11 Å². The number of hydrogen-bond donors (Lipinski definition) is 0. The molecule has 0 aromatic heterocycles. The Balaban J connectivity index is 3.30. The minimum Gasteiger partial charge on any atom is -0.494 e. The lowest BCUT2D eigenvalue weighted by atomic mass is 10.2. The van der Waals surface area contributed by atoms with Gasteiger partial charge in [-0.15, -0.1) is 0 Å². The molecule has 0 aliphatic heterocycles. The molecular formula is C8H6ClF3O. The molecule has 0 aliphatic carbocycles. The summed E-state index contributed by atoms with van der Waals surface area (Å²) in [6, 6.07) is 2.37. The predicted octanol–water partition coefficient (Wildman–Crippen LogP) is 3.43. The van der Waals surface area contributed by atoms with E-state index in [9.17, 15) is 13.2 Å². The number of hydrogen-bond acceptors (Lipinski definition) is 1. The van der Waals surface area contributed by atoms with E-state index in [4.69, 9.17) is 11.6 Å². The van der Waals surface area contributed by atoms with Crippen LogP contribution < -0.4 is 4.74 Å². The fourth-order valence-corrected chi connectivity index (χ4v) is 1.14. The number of ether oxygens (including phenoxy) is 1. The fraction of sp³-hybridized carbons (Fsp3) is 0.250. The summed E-state index contributed by atoms with van der Waals surface area (Å²) in [5.74, 6) is -1.34. The number of rotatable bonds is 2. The van der Waals surface area contributed by atoms with Gasteiger partial charge in [0.25, 0.3) is 6.43 Å². The number of halogens is 4. The topological polar surface area (TPSA) is 9.23 Å². The Morgan fingerprint density at radius 2 is 2.00 bits per heavy atom. The molecular weight excluding hydrogens is 205 g/mol. The van der Waals surface area contributed by atoms with Crippen molar-refractivity contribution in [2.45, 2.75) is 6.43 Å². The van der Waals surface area contributed by atoms with Crippen LogP contribution in [0.3, 0.4) is 0 Å². The van der Waals surface area contributed by atoms with Crippen LogP contribution >= 0.6 is 11.6 Å². The molecule has 0 aliphatic rings. The van der Waals surface area contributed by atoms with E-state index in [0.29, 0.717) is 0 Å². The van der Waals surface area contributed by atoms with Crippen molar-refractivity contribution in [2.24, 2.45) is 0 Å². The zero-order valence-corrected chi connectivity index (χ0v) is 7.41. The van der Waals surface area contributed by atoms with Crippen molar-refractivity contribution in [2.75, 3.05) is 7.11 Å². The van der Waals surface area contributed by atoms with Crippen molar-refractivity contribution in [1.29, 1.82) is 0 Å². The normalized spacial score (nSPS) is 10.6. The molecule has 0 unspecified atom stereocenters. The standard InChI is InChI=1S/C8H6ClF3O/c1-13-5-3-2-4(9)6(7(5)10)8(11)12/h2-3,8H,1H3. The van der Waals surface area contributed by atoms with Crippen LogP contribution in [0, 0.1) is 5.82 Å². The Kier molecular flexibility index (Phi) is 3.03. The third-order valence-corrected chi connectivity index (χ3v) is 1.86. The first kappa shape index (κ1) is 10.2. The Bertz CT molecular complexity index is 315. The van der Waals surface area contributed by atoms with Crippen LogP contribution in [0.5, 0.6) is 5.75 Å². The van der Waals surface area contributed by atoms with Gasteiger partial charge in [0.1, 0.15) is 0 Å². The van der Waals surface area contributed by atoms with Gasteiger partial charge in [-0.25, -0.2) is 13.2 Å². The Hall–Kier alpha value is -0.900. The summed E-state index contributed by atoms with van der Waals surface area (Å²) in [6.07, 6.45) is -2.94. The highest BCUT2D eigenvalue weighted by molar-refractivity contribution is 6.31. The first-order valence-electron chi connectivity index (χ1n) is 3.38. The Morgan fingerprint density at radius 1 is 1.38 bits per heavy atom. The summed E-state index contributed by atoms with van der Waals surface area (Å²) in [7, 11) is 1.20. The molecule has 0 amide bonds. The average molecular weight is 211 g/mol. The second-order valence-electron chi connectivity index (χ2n) is 2.28. The van der Waals surface area contributed by atoms with E-state index in [2.05, 4.69) is 4.74 Å². The molecule has 1 nitrogen and oxygen atoms in total. The third kappa shape index (κ3) is 1.88. The predicted molar refractivity (Wildman–Crippen MR) is 42.9 cm³/mol. The van der Waals surface area contributed by atoms with Crippen LogP contribution in [0.15, 0.2) is 12.1 Å². The molecule has 13 heavy (non-hydrogen) atoms. The van der Waals surface area contributed by atoms with Gasteiger partial charge in [-0.2, -0.15) is 0 Å². The second-order valence-corrected chi connectivity index (χ2v) is 2.69. The molecule has 0 saturated heterocycles. The first-order valence-corrected chi connectivity index (χ1v) is 3.75. The van der Waals surface area contributed by atoms with Gasteiger partial charge in [-0.1, -0.05) is 11.6 Å². The first-order chi connectivity index (χ1) is 6.07. The molecule has 0 atom stereocenters. The molecule has 0 saturated carbocycles. The lowest BCUT2D eigenvalue weighted by molar-refractivity contribution is 0.145. The summed E-state index contributed by atoms with van der Waals surface area (Å²) >= 11 is 5.38. The van der Waals surface area contributed by atoms with Crippen molar-refractivity contribution in [3.8, 4) is 5.75 Å². The van der Waals surface area contributed by atoms with Gasteiger partial charge >= 0.3 is 0 Å². The molecule has 0 heterocycles. The molecule has 0 bridgehead atoms. The van der Waals surface area contributed by atoms with Crippen LogP contribution in [0.4, 0.5) is 13.2 Å². The van der Waals surface area contributed by atoms with E-state index in [0.717, 1.165) is 0 Å². The highest BCUT2D eigenvalue weighted by Gasteiger charge is 2.20. The minimum absolute atomic E-state index is 0.236. The summed E-state index contributed by atoms with van der Waals surface area (Å²) in [6.45, 7) is 0. The monoisotopic (exact) mass is 210 g/mol.